The number of nitrogens with one attached hydrogen (secondary N) is 1. The standard InChI is InChI=1S/C16H23N3O/c1-6-9-17-14-10-13(16(3,4)5)18-15(19-14)12-8-7-11(2)20-12/h7-8,10H,6,9H2,1-5H3,(H,17,18,19). The maximum atomic E-state index is 5.64. The fourth-order valence-corrected chi connectivity index (χ4v) is 1.84. The van der Waals surface area contributed by atoms with Gasteiger partial charge in [0, 0.05) is 18.0 Å². The van der Waals surface area contributed by atoms with Crippen molar-refractivity contribution in [1.82, 2.24) is 9.97 Å². The van der Waals surface area contributed by atoms with E-state index in [4.69, 9.17) is 4.42 Å². The lowest BCUT2D eigenvalue weighted by Crippen LogP contribution is -2.16. The largest absolute Gasteiger partial charge is 0.458 e. The molecular weight excluding hydrogens is 250 g/mol. The SMILES string of the molecule is CCCNc1cc(C(C)(C)C)nc(-c2ccc(C)o2)n1. The summed E-state index contributed by atoms with van der Waals surface area (Å²) in [5.74, 6) is 3.08. The lowest BCUT2D eigenvalue weighted by atomic mass is 9.92. The summed E-state index contributed by atoms with van der Waals surface area (Å²) in [6.45, 7) is 11.4. The molecule has 2 aromatic heterocycles. The average molecular weight is 273 g/mol. The third-order valence-electron chi connectivity index (χ3n) is 3.01. The van der Waals surface area contributed by atoms with Gasteiger partial charge in [0.05, 0.1) is 5.69 Å². The molecule has 0 amide bonds. The van der Waals surface area contributed by atoms with Gasteiger partial charge in [-0.25, -0.2) is 9.97 Å². The minimum Gasteiger partial charge on any atom is -0.458 e. The molecule has 2 aromatic rings. The normalized spacial score (nSPS) is 11.7. The highest BCUT2D eigenvalue weighted by atomic mass is 16.3. The minimum absolute atomic E-state index is 0.0258. The molecule has 0 aliphatic heterocycles. The van der Waals surface area contributed by atoms with E-state index in [2.05, 4.69) is 43.0 Å². The minimum atomic E-state index is -0.0258. The molecular formula is C16H23N3O. The van der Waals surface area contributed by atoms with Crippen LogP contribution >= 0.6 is 0 Å². The number of hydrogen-bond donors (Lipinski definition) is 1. The van der Waals surface area contributed by atoms with Gasteiger partial charge in [-0.2, -0.15) is 0 Å². The Kier molecular flexibility index (Phi) is 4.12. The smallest absolute Gasteiger partial charge is 0.197 e. The Labute approximate surface area is 120 Å². The Morgan fingerprint density at radius 1 is 1.20 bits per heavy atom. The van der Waals surface area contributed by atoms with Crippen LogP contribution < -0.4 is 5.32 Å². The molecule has 0 bridgehead atoms. The number of rotatable bonds is 4. The van der Waals surface area contributed by atoms with E-state index in [0.717, 1.165) is 30.2 Å². The number of aryl methyl sites for hydroxylation is 1. The van der Waals surface area contributed by atoms with Gasteiger partial charge < -0.3 is 9.73 Å². The molecule has 108 valence electrons. The molecule has 0 saturated heterocycles. The highest BCUT2D eigenvalue weighted by molar-refractivity contribution is 5.52. The Hall–Kier alpha value is -1.84. The van der Waals surface area contributed by atoms with Gasteiger partial charge in [-0.05, 0) is 25.5 Å². The number of furan rings is 1. The molecule has 0 fully saturated rings. The summed E-state index contributed by atoms with van der Waals surface area (Å²) in [5, 5.41) is 3.33. The van der Waals surface area contributed by atoms with E-state index in [1.807, 2.05) is 25.1 Å². The zero-order valence-electron chi connectivity index (χ0n) is 12.9. The van der Waals surface area contributed by atoms with Gasteiger partial charge >= 0.3 is 0 Å². The van der Waals surface area contributed by atoms with Crippen LogP contribution in [0, 0.1) is 6.92 Å². The molecule has 0 spiro atoms. The molecule has 0 atom stereocenters. The van der Waals surface area contributed by atoms with E-state index in [-0.39, 0.29) is 5.41 Å². The van der Waals surface area contributed by atoms with Crippen LogP contribution in [0.4, 0.5) is 5.82 Å². The monoisotopic (exact) mass is 273 g/mol. The van der Waals surface area contributed by atoms with E-state index >= 15 is 0 Å². The maximum Gasteiger partial charge on any atom is 0.197 e. The summed E-state index contributed by atoms with van der Waals surface area (Å²) in [6.07, 6.45) is 1.06. The number of aromatic nitrogens is 2. The van der Waals surface area contributed by atoms with Gasteiger partial charge in [0.2, 0.25) is 0 Å². The second-order valence-electron chi connectivity index (χ2n) is 6.05. The average Bonchev–Trinajstić information content (AvgIpc) is 2.82. The van der Waals surface area contributed by atoms with Crippen LogP contribution in [0.2, 0.25) is 0 Å². The Balaban J connectivity index is 2.45. The van der Waals surface area contributed by atoms with Gasteiger partial charge in [0.1, 0.15) is 11.6 Å². The second kappa shape index (κ2) is 5.65. The molecule has 2 heterocycles. The summed E-state index contributed by atoms with van der Waals surface area (Å²) < 4.78 is 5.64. The highest BCUT2D eigenvalue weighted by Crippen LogP contribution is 2.26. The molecule has 2 rings (SSSR count). The summed E-state index contributed by atoms with van der Waals surface area (Å²) in [6, 6.07) is 5.87. The van der Waals surface area contributed by atoms with Crippen LogP contribution in [0.3, 0.4) is 0 Å². The van der Waals surface area contributed by atoms with Crippen LogP contribution in [0.5, 0.6) is 0 Å². The number of hydrogen-bond acceptors (Lipinski definition) is 4. The predicted octanol–water partition coefficient (Wildman–Crippen LogP) is 4.16. The van der Waals surface area contributed by atoms with Crippen LogP contribution in [0.15, 0.2) is 22.6 Å². The van der Waals surface area contributed by atoms with Crippen molar-refractivity contribution < 1.29 is 4.42 Å². The van der Waals surface area contributed by atoms with Crippen molar-refractivity contribution in [3.05, 3.63) is 29.7 Å². The number of nitrogens with zero attached hydrogens (tertiary/aromatic N) is 2. The van der Waals surface area contributed by atoms with Gasteiger partial charge in [0.25, 0.3) is 0 Å². The van der Waals surface area contributed by atoms with E-state index in [9.17, 15) is 0 Å². The quantitative estimate of drug-likeness (QED) is 0.908. The van der Waals surface area contributed by atoms with Crippen molar-refractivity contribution in [2.24, 2.45) is 0 Å². The first-order chi connectivity index (χ1) is 9.40. The van der Waals surface area contributed by atoms with Crippen molar-refractivity contribution in [1.29, 1.82) is 0 Å². The van der Waals surface area contributed by atoms with Gasteiger partial charge in [-0.1, -0.05) is 27.7 Å². The fraction of sp³-hybridized carbons (Fsp3) is 0.500. The van der Waals surface area contributed by atoms with E-state index < -0.39 is 0 Å². The van der Waals surface area contributed by atoms with Gasteiger partial charge in [0.15, 0.2) is 11.6 Å². The van der Waals surface area contributed by atoms with Crippen molar-refractivity contribution in [3.8, 4) is 11.6 Å². The first-order valence-corrected chi connectivity index (χ1v) is 7.10. The first-order valence-electron chi connectivity index (χ1n) is 7.10. The molecule has 0 unspecified atom stereocenters. The third-order valence-corrected chi connectivity index (χ3v) is 3.01. The molecule has 0 aromatic carbocycles. The van der Waals surface area contributed by atoms with Crippen LogP contribution in [-0.4, -0.2) is 16.5 Å². The molecule has 0 aliphatic carbocycles. The van der Waals surface area contributed by atoms with Crippen molar-refractivity contribution in [3.63, 3.8) is 0 Å². The van der Waals surface area contributed by atoms with Gasteiger partial charge in [-0.3, -0.25) is 0 Å². The summed E-state index contributed by atoms with van der Waals surface area (Å²) in [4.78, 5) is 9.20. The summed E-state index contributed by atoms with van der Waals surface area (Å²) in [5.41, 5.74) is 0.984. The zero-order valence-corrected chi connectivity index (χ0v) is 12.9. The highest BCUT2D eigenvalue weighted by Gasteiger charge is 2.19. The lowest BCUT2D eigenvalue weighted by Gasteiger charge is -2.19. The molecule has 4 nitrogen and oxygen atoms in total. The Bertz CT molecular complexity index is 582. The fourth-order valence-electron chi connectivity index (χ4n) is 1.84. The van der Waals surface area contributed by atoms with Crippen LogP contribution in [0.25, 0.3) is 11.6 Å². The van der Waals surface area contributed by atoms with Crippen LogP contribution in [0.1, 0.15) is 45.6 Å². The molecule has 4 heteroatoms. The van der Waals surface area contributed by atoms with E-state index in [1.54, 1.807) is 0 Å². The molecule has 0 saturated carbocycles. The van der Waals surface area contributed by atoms with Crippen molar-refractivity contribution in [2.45, 2.75) is 46.5 Å². The first kappa shape index (κ1) is 14.6. The van der Waals surface area contributed by atoms with Crippen molar-refractivity contribution >= 4 is 5.82 Å². The molecule has 0 aliphatic rings. The summed E-state index contributed by atoms with van der Waals surface area (Å²) >= 11 is 0. The third kappa shape index (κ3) is 3.38. The number of anilines is 1. The van der Waals surface area contributed by atoms with E-state index in [0.29, 0.717) is 11.6 Å². The summed E-state index contributed by atoms with van der Waals surface area (Å²) in [7, 11) is 0. The Morgan fingerprint density at radius 2 is 1.95 bits per heavy atom. The van der Waals surface area contributed by atoms with Gasteiger partial charge in [-0.15, -0.1) is 0 Å². The second-order valence-corrected chi connectivity index (χ2v) is 6.05. The zero-order chi connectivity index (χ0) is 14.8. The molecule has 1 N–H and O–H groups in total. The van der Waals surface area contributed by atoms with Crippen LogP contribution in [-0.2, 0) is 5.41 Å². The topological polar surface area (TPSA) is 51.0 Å². The van der Waals surface area contributed by atoms with Crippen molar-refractivity contribution in [2.75, 3.05) is 11.9 Å². The molecule has 0 radical (unpaired) electrons. The predicted molar refractivity (Wildman–Crippen MR) is 82.0 cm³/mol. The lowest BCUT2D eigenvalue weighted by molar-refractivity contribution is 0.538. The molecule has 20 heavy (non-hydrogen) atoms. The maximum absolute atomic E-state index is 5.64. The van der Waals surface area contributed by atoms with E-state index in [1.165, 1.54) is 0 Å². The Morgan fingerprint density at radius 3 is 2.50 bits per heavy atom.